The van der Waals surface area contributed by atoms with Crippen molar-refractivity contribution in [3.63, 3.8) is 0 Å². The lowest BCUT2D eigenvalue weighted by atomic mass is 9.72. The van der Waals surface area contributed by atoms with Crippen LogP contribution in [0.4, 0.5) is 10.3 Å². The van der Waals surface area contributed by atoms with Crippen molar-refractivity contribution in [2.45, 2.75) is 58.9 Å². The van der Waals surface area contributed by atoms with Gasteiger partial charge >= 0.3 is 0 Å². The standard InChI is InChI=1S/C29H36FN9/c1-20-13-25(15-26-14-21(2)35-36-26)34-28(33-20)37-11-8-29(9-12-37)7-4-10-38(19-29)22(3)23-5-6-27(31-16-23)39-18-24(30)17-32-39/h5-6,13-14,16-18,22H,4,7-12,15,19H2,1-3H3,(H,35,36)/t22-/m0/s1. The van der Waals surface area contributed by atoms with Gasteiger partial charge in [-0.25, -0.2) is 24.0 Å². The van der Waals surface area contributed by atoms with Gasteiger partial charge in [0.2, 0.25) is 5.95 Å². The SMILES string of the molecule is Cc1cc(Cc2cc(C)[nH]n2)nc(N2CCC3(CCCN([C@@H](C)c4ccc(-n5cc(F)cn5)nc4)C3)CC2)n1. The zero-order valence-electron chi connectivity index (χ0n) is 22.9. The monoisotopic (exact) mass is 529 g/mol. The molecule has 0 amide bonds. The van der Waals surface area contributed by atoms with E-state index in [-0.39, 0.29) is 11.9 Å². The molecule has 0 bridgehead atoms. The molecule has 1 N–H and O–H groups in total. The Morgan fingerprint density at radius 3 is 2.56 bits per heavy atom. The predicted molar refractivity (Wildman–Crippen MR) is 147 cm³/mol. The second-order valence-corrected chi connectivity index (χ2v) is 11.3. The minimum atomic E-state index is -0.364. The minimum Gasteiger partial charge on any atom is -0.341 e. The van der Waals surface area contributed by atoms with Gasteiger partial charge in [-0.1, -0.05) is 6.07 Å². The number of pyridine rings is 1. The van der Waals surface area contributed by atoms with Gasteiger partial charge in [0.1, 0.15) is 0 Å². The second kappa shape index (κ2) is 10.5. The highest BCUT2D eigenvalue weighted by Crippen LogP contribution is 2.42. The van der Waals surface area contributed by atoms with E-state index in [1.807, 2.05) is 26.1 Å². The molecule has 9 nitrogen and oxygen atoms in total. The lowest BCUT2D eigenvalue weighted by Crippen LogP contribution is -2.50. The number of aromatic amines is 1. The van der Waals surface area contributed by atoms with Crippen molar-refractivity contribution in [2.24, 2.45) is 5.41 Å². The molecule has 204 valence electrons. The van der Waals surface area contributed by atoms with Crippen molar-refractivity contribution in [3.05, 3.63) is 77.0 Å². The number of halogens is 1. The first-order valence-electron chi connectivity index (χ1n) is 13.9. The van der Waals surface area contributed by atoms with Gasteiger partial charge in [0.15, 0.2) is 11.6 Å². The average molecular weight is 530 g/mol. The van der Waals surface area contributed by atoms with E-state index in [0.29, 0.717) is 17.7 Å². The fourth-order valence-corrected chi connectivity index (χ4v) is 6.18. The number of nitrogens with zero attached hydrogens (tertiary/aromatic N) is 8. The second-order valence-electron chi connectivity index (χ2n) is 11.3. The molecule has 4 aromatic heterocycles. The maximum atomic E-state index is 13.3. The van der Waals surface area contributed by atoms with Gasteiger partial charge < -0.3 is 4.90 Å². The molecule has 2 saturated heterocycles. The summed E-state index contributed by atoms with van der Waals surface area (Å²) in [6.07, 6.45) is 9.91. The molecule has 6 rings (SSSR count). The Balaban J connectivity index is 1.10. The minimum absolute atomic E-state index is 0.268. The number of piperidine rings is 2. The quantitative estimate of drug-likeness (QED) is 0.391. The van der Waals surface area contributed by atoms with Crippen molar-refractivity contribution in [2.75, 3.05) is 31.1 Å². The summed E-state index contributed by atoms with van der Waals surface area (Å²) < 4.78 is 14.8. The van der Waals surface area contributed by atoms with Crippen molar-refractivity contribution < 1.29 is 4.39 Å². The lowest BCUT2D eigenvalue weighted by molar-refractivity contribution is 0.0414. The largest absolute Gasteiger partial charge is 0.341 e. The molecule has 2 aliphatic heterocycles. The van der Waals surface area contributed by atoms with Gasteiger partial charge in [-0.2, -0.15) is 10.2 Å². The molecule has 2 fully saturated rings. The average Bonchev–Trinajstić information content (AvgIpc) is 3.56. The molecule has 0 aromatic carbocycles. The van der Waals surface area contributed by atoms with Crippen molar-refractivity contribution in [1.29, 1.82) is 0 Å². The van der Waals surface area contributed by atoms with Crippen LogP contribution in [0.2, 0.25) is 0 Å². The van der Waals surface area contributed by atoms with Crippen LogP contribution >= 0.6 is 0 Å². The van der Waals surface area contributed by atoms with Crippen molar-refractivity contribution in [1.82, 2.24) is 39.8 Å². The third-order valence-corrected chi connectivity index (χ3v) is 8.40. The van der Waals surface area contributed by atoms with Crippen LogP contribution in [0.3, 0.4) is 0 Å². The lowest BCUT2D eigenvalue weighted by Gasteiger charge is -2.49. The Kier molecular flexibility index (Phi) is 6.88. The third kappa shape index (κ3) is 5.56. The number of H-pyrrole nitrogens is 1. The van der Waals surface area contributed by atoms with E-state index in [4.69, 9.17) is 9.97 Å². The first-order chi connectivity index (χ1) is 18.9. The van der Waals surface area contributed by atoms with Crippen molar-refractivity contribution in [3.8, 4) is 5.82 Å². The molecule has 0 radical (unpaired) electrons. The van der Waals surface area contributed by atoms with Gasteiger partial charge in [0, 0.05) is 49.7 Å². The fraction of sp³-hybridized carbons (Fsp3) is 0.483. The van der Waals surface area contributed by atoms with Gasteiger partial charge in [-0.05, 0) is 82.2 Å². The number of aryl methyl sites for hydroxylation is 2. The number of hydrogen-bond donors (Lipinski definition) is 1. The summed E-state index contributed by atoms with van der Waals surface area (Å²) in [6, 6.07) is 8.41. The smallest absolute Gasteiger partial charge is 0.225 e. The van der Waals surface area contributed by atoms with E-state index in [1.54, 1.807) is 0 Å². The maximum absolute atomic E-state index is 13.3. The molecule has 4 aromatic rings. The summed E-state index contributed by atoms with van der Waals surface area (Å²) in [7, 11) is 0. The van der Waals surface area contributed by atoms with E-state index in [9.17, 15) is 4.39 Å². The van der Waals surface area contributed by atoms with Crippen LogP contribution in [-0.2, 0) is 6.42 Å². The first-order valence-corrected chi connectivity index (χ1v) is 13.9. The topological polar surface area (TPSA) is 91.7 Å². The van der Waals surface area contributed by atoms with E-state index >= 15 is 0 Å². The summed E-state index contributed by atoms with van der Waals surface area (Å²) in [4.78, 5) is 19.2. The summed E-state index contributed by atoms with van der Waals surface area (Å²) in [5, 5.41) is 11.4. The number of hydrogen-bond acceptors (Lipinski definition) is 7. The summed E-state index contributed by atoms with van der Waals surface area (Å²) in [5.41, 5.74) is 5.57. The molecule has 1 atom stereocenters. The Labute approximate surface area is 228 Å². The normalized spacial score (nSPS) is 18.5. The van der Waals surface area contributed by atoms with E-state index in [0.717, 1.165) is 67.7 Å². The van der Waals surface area contributed by atoms with E-state index in [2.05, 4.69) is 55.2 Å². The molecule has 0 unspecified atom stereocenters. The molecular weight excluding hydrogens is 493 g/mol. The first kappa shape index (κ1) is 25.6. The predicted octanol–water partition coefficient (Wildman–Crippen LogP) is 4.57. The Bertz CT molecular complexity index is 1420. The zero-order chi connectivity index (χ0) is 27.0. The highest BCUT2D eigenvalue weighted by Gasteiger charge is 2.40. The molecule has 1 spiro atoms. The van der Waals surface area contributed by atoms with Crippen LogP contribution in [0.5, 0.6) is 0 Å². The van der Waals surface area contributed by atoms with Gasteiger partial charge in [0.25, 0.3) is 0 Å². The number of rotatable bonds is 6. The fourth-order valence-electron chi connectivity index (χ4n) is 6.18. The molecule has 0 aliphatic carbocycles. The Morgan fingerprint density at radius 2 is 1.87 bits per heavy atom. The molecule has 10 heteroatoms. The van der Waals surface area contributed by atoms with Crippen LogP contribution in [0.15, 0.2) is 42.9 Å². The highest BCUT2D eigenvalue weighted by atomic mass is 19.1. The number of anilines is 1. The van der Waals surface area contributed by atoms with Crippen LogP contribution in [0, 0.1) is 25.1 Å². The molecule has 2 aliphatic rings. The molecular formula is C29H36FN9. The Morgan fingerprint density at radius 1 is 1.03 bits per heavy atom. The van der Waals surface area contributed by atoms with Gasteiger partial charge in [-0.15, -0.1) is 0 Å². The van der Waals surface area contributed by atoms with Crippen molar-refractivity contribution >= 4 is 5.95 Å². The van der Waals surface area contributed by atoms with Crippen LogP contribution < -0.4 is 4.90 Å². The third-order valence-electron chi connectivity index (χ3n) is 8.40. The number of nitrogens with one attached hydrogen (secondary N) is 1. The summed E-state index contributed by atoms with van der Waals surface area (Å²) in [5.74, 6) is 1.10. The van der Waals surface area contributed by atoms with Gasteiger partial charge in [-0.3, -0.25) is 10.00 Å². The summed E-state index contributed by atoms with van der Waals surface area (Å²) in [6.45, 7) is 10.5. The number of aromatic nitrogens is 7. The summed E-state index contributed by atoms with van der Waals surface area (Å²) >= 11 is 0. The van der Waals surface area contributed by atoms with Crippen LogP contribution in [-0.4, -0.2) is 66.0 Å². The zero-order valence-corrected chi connectivity index (χ0v) is 22.9. The Hall–Kier alpha value is -3.66. The number of likely N-dealkylation sites (tertiary alicyclic amines) is 1. The van der Waals surface area contributed by atoms with Crippen LogP contribution in [0.1, 0.15) is 67.0 Å². The maximum Gasteiger partial charge on any atom is 0.225 e. The highest BCUT2D eigenvalue weighted by molar-refractivity contribution is 5.34. The van der Waals surface area contributed by atoms with E-state index in [1.165, 1.54) is 35.5 Å². The molecule has 0 saturated carbocycles. The van der Waals surface area contributed by atoms with Gasteiger partial charge in [0.05, 0.1) is 23.8 Å². The molecule has 6 heterocycles. The van der Waals surface area contributed by atoms with E-state index < -0.39 is 0 Å². The van der Waals surface area contributed by atoms with Crippen LogP contribution in [0.25, 0.3) is 5.82 Å². The molecule has 39 heavy (non-hydrogen) atoms.